The molecule has 6 nitrogen and oxygen atoms in total. The lowest BCUT2D eigenvalue weighted by Crippen LogP contribution is -2.44. The van der Waals surface area contributed by atoms with Gasteiger partial charge in [0, 0.05) is 42.3 Å². The van der Waals surface area contributed by atoms with E-state index in [0.29, 0.717) is 38.3 Å². The predicted molar refractivity (Wildman–Crippen MR) is 140 cm³/mol. The number of benzene rings is 2. The van der Waals surface area contributed by atoms with E-state index in [-0.39, 0.29) is 18.5 Å². The predicted octanol–water partition coefficient (Wildman–Crippen LogP) is 5.57. The van der Waals surface area contributed by atoms with E-state index in [4.69, 9.17) is 4.74 Å². The molecule has 180 valence electrons. The molecule has 3 amide bonds. The number of nitrogens with zero attached hydrogens (tertiary/aromatic N) is 2. The van der Waals surface area contributed by atoms with Crippen molar-refractivity contribution in [1.29, 1.82) is 0 Å². The van der Waals surface area contributed by atoms with Gasteiger partial charge < -0.3 is 19.9 Å². The Labute approximate surface area is 209 Å². The lowest BCUT2D eigenvalue weighted by Gasteiger charge is -2.28. The van der Waals surface area contributed by atoms with E-state index in [1.165, 1.54) is 0 Å². The minimum absolute atomic E-state index is 0.00332. The van der Waals surface area contributed by atoms with Gasteiger partial charge in [0.2, 0.25) is 5.91 Å². The van der Waals surface area contributed by atoms with Crippen molar-refractivity contribution in [2.45, 2.75) is 24.4 Å². The molecule has 0 aliphatic heterocycles. The quantitative estimate of drug-likeness (QED) is 0.263. The number of nitrogens with one attached hydrogen (secondary N) is 1. The van der Waals surface area contributed by atoms with Crippen LogP contribution in [-0.4, -0.2) is 54.8 Å². The van der Waals surface area contributed by atoms with Gasteiger partial charge in [0.1, 0.15) is 6.54 Å². The van der Waals surface area contributed by atoms with Crippen molar-refractivity contribution in [1.82, 2.24) is 9.80 Å². The van der Waals surface area contributed by atoms with E-state index in [1.807, 2.05) is 83.3 Å². The Bertz CT molecular complexity index is 1010. The van der Waals surface area contributed by atoms with Gasteiger partial charge in [0.05, 0.1) is 6.54 Å². The molecule has 3 aromatic rings. The summed E-state index contributed by atoms with van der Waals surface area (Å²) in [5.74, 6) is -0.0949. The number of thiophene rings is 1. The number of rotatable bonds is 12. The van der Waals surface area contributed by atoms with E-state index in [1.54, 1.807) is 35.1 Å². The molecule has 0 saturated carbocycles. The smallest absolute Gasteiger partial charge is 0.322 e. The number of anilines is 1. The Morgan fingerprint density at radius 1 is 0.971 bits per heavy atom. The normalized spacial score (nSPS) is 10.6. The molecule has 0 aliphatic rings. The van der Waals surface area contributed by atoms with Gasteiger partial charge in [0.25, 0.3) is 0 Å². The number of carbonyl (C=O) groups excluding carboxylic acids is 2. The standard InChI is InChI=1S/C26H31N3O3S2/c1-32-16-7-15-28(26(31)27-22-11-13-23(33-2)14-12-22)20-25(30)29(19-24-10-6-17-34-24)18-21-8-4-3-5-9-21/h3-6,8-14,17H,7,15-16,18-20H2,1-2H3,(H,27,31). The van der Waals surface area contributed by atoms with Crippen LogP contribution < -0.4 is 5.32 Å². The summed E-state index contributed by atoms with van der Waals surface area (Å²) in [4.78, 5) is 32.1. The molecule has 1 heterocycles. The zero-order valence-electron chi connectivity index (χ0n) is 19.6. The summed E-state index contributed by atoms with van der Waals surface area (Å²) in [5.41, 5.74) is 1.75. The number of hydrogen-bond acceptors (Lipinski definition) is 5. The summed E-state index contributed by atoms with van der Waals surface area (Å²) in [6.07, 6.45) is 2.65. The van der Waals surface area contributed by atoms with E-state index in [0.717, 1.165) is 15.3 Å². The van der Waals surface area contributed by atoms with E-state index in [9.17, 15) is 9.59 Å². The number of amides is 3. The fraction of sp³-hybridized carbons (Fsp3) is 0.308. The third-order valence-corrected chi connectivity index (χ3v) is 6.83. The zero-order chi connectivity index (χ0) is 24.2. The lowest BCUT2D eigenvalue weighted by molar-refractivity contribution is -0.133. The minimum Gasteiger partial charge on any atom is -0.385 e. The van der Waals surface area contributed by atoms with Gasteiger partial charge in [-0.05, 0) is 54.0 Å². The molecule has 34 heavy (non-hydrogen) atoms. The third-order valence-electron chi connectivity index (χ3n) is 5.23. The Hall–Kier alpha value is -2.81. The molecular weight excluding hydrogens is 466 g/mol. The highest BCUT2D eigenvalue weighted by molar-refractivity contribution is 7.98. The van der Waals surface area contributed by atoms with Crippen LogP contribution in [0.5, 0.6) is 0 Å². The Balaban J connectivity index is 1.72. The van der Waals surface area contributed by atoms with Gasteiger partial charge in [-0.25, -0.2) is 4.79 Å². The van der Waals surface area contributed by atoms with Crippen molar-refractivity contribution in [2.24, 2.45) is 0 Å². The molecule has 0 bridgehead atoms. The second kappa shape index (κ2) is 13.8. The molecule has 3 rings (SSSR count). The van der Waals surface area contributed by atoms with Crippen molar-refractivity contribution in [3.8, 4) is 0 Å². The van der Waals surface area contributed by atoms with E-state index >= 15 is 0 Å². The molecule has 1 aromatic heterocycles. The highest BCUT2D eigenvalue weighted by atomic mass is 32.2. The molecule has 2 aromatic carbocycles. The topological polar surface area (TPSA) is 61.9 Å². The Morgan fingerprint density at radius 3 is 2.38 bits per heavy atom. The van der Waals surface area contributed by atoms with Crippen molar-refractivity contribution >= 4 is 40.7 Å². The molecule has 8 heteroatoms. The maximum atomic E-state index is 13.4. The van der Waals surface area contributed by atoms with Crippen LogP contribution in [0.25, 0.3) is 0 Å². The molecular formula is C26H31N3O3S2. The molecule has 0 unspecified atom stereocenters. The van der Waals surface area contributed by atoms with Gasteiger partial charge >= 0.3 is 6.03 Å². The number of urea groups is 1. The van der Waals surface area contributed by atoms with Crippen molar-refractivity contribution < 1.29 is 14.3 Å². The first-order valence-electron chi connectivity index (χ1n) is 11.1. The molecule has 0 radical (unpaired) electrons. The second-order valence-electron chi connectivity index (χ2n) is 7.74. The minimum atomic E-state index is -0.294. The molecule has 0 fully saturated rings. The maximum absolute atomic E-state index is 13.4. The van der Waals surface area contributed by atoms with Gasteiger partial charge in [-0.1, -0.05) is 36.4 Å². The number of ether oxygens (including phenoxy) is 1. The summed E-state index contributed by atoms with van der Waals surface area (Å²) in [6.45, 7) is 1.93. The first-order valence-corrected chi connectivity index (χ1v) is 13.2. The summed E-state index contributed by atoms with van der Waals surface area (Å²) in [7, 11) is 1.63. The van der Waals surface area contributed by atoms with Gasteiger partial charge in [-0.2, -0.15) is 0 Å². The zero-order valence-corrected chi connectivity index (χ0v) is 21.2. The summed E-state index contributed by atoms with van der Waals surface area (Å²) in [6, 6.07) is 21.3. The summed E-state index contributed by atoms with van der Waals surface area (Å²) in [5, 5.41) is 4.94. The van der Waals surface area contributed by atoms with Crippen LogP contribution in [0.15, 0.2) is 77.0 Å². The van der Waals surface area contributed by atoms with Crippen LogP contribution in [0.4, 0.5) is 10.5 Å². The molecule has 0 atom stereocenters. The fourth-order valence-corrected chi connectivity index (χ4v) is 4.55. The number of methoxy groups -OCH3 is 1. The summed E-state index contributed by atoms with van der Waals surface area (Å²) >= 11 is 3.26. The molecule has 0 saturated heterocycles. The van der Waals surface area contributed by atoms with Gasteiger partial charge in [0.15, 0.2) is 0 Å². The first-order chi connectivity index (χ1) is 16.6. The summed E-state index contributed by atoms with van der Waals surface area (Å²) < 4.78 is 5.16. The van der Waals surface area contributed by atoms with Crippen LogP contribution in [0.2, 0.25) is 0 Å². The Kier molecular flexibility index (Phi) is 10.5. The van der Waals surface area contributed by atoms with Crippen LogP contribution in [-0.2, 0) is 22.6 Å². The van der Waals surface area contributed by atoms with Crippen molar-refractivity contribution in [2.75, 3.05) is 38.4 Å². The number of hydrogen-bond donors (Lipinski definition) is 1. The van der Waals surface area contributed by atoms with Crippen molar-refractivity contribution in [3.05, 3.63) is 82.6 Å². The van der Waals surface area contributed by atoms with E-state index in [2.05, 4.69) is 5.32 Å². The Morgan fingerprint density at radius 2 is 1.74 bits per heavy atom. The highest BCUT2D eigenvalue weighted by Gasteiger charge is 2.22. The largest absolute Gasteiger partial charge is 0.385 e. The van der Waals surface area contributed by atoms with Crippen LogP contribution in [0, 0.1) is 0 Å². The molecule has 0 spiro atoms. The second-order valence-corrected chi connectivity index (χ2v) is 9.65. The van der Waals surface area contributed by atoms with Gasteiger partial charge in [-0.15, -0.1) is 23.1 Å². The van der Waals surface area contributed by atoms with Crippen LogP contribution in [0.1, 0.15) is 16.9 Å². The van der Waals surface area contributed by atoms with Gasteiger partial charge in [-0.3, -0.25) is 4.79 Å². The highest BCUT2D eigenvalue weighted by Crippen LogP contribution is 2.18. The van der Waals surface area contributed by atoms with Crippen molar-refractivity contribution in [3.63, 3.8) is 0 Å². The number of carbonyl (C=O) groups is 2. The maximum Gasteiger partial charge on any atom is 0.322 e. The van der Waals surface area contributed by atoms with Crippen LogP contribution >= 0.6 is 23.1 Å². The van der Waals surface area contributed by atoms with E-state index < -0.39 is 0 Å². The average molecular weight is 498 g/mol. The third kappa shape index (κ3) is 8.20. The average Bonchev–Trinajstić information content (AvgIpc) is 3.37. The first kappa shape index (κ1) is 25.8. The lowest BCUT2D eigenvalue weighted by atomic mass is 10.2. The SMILES string of the molecule is COCCCN(CC(=O)N(Cc1ccccc1)Cc1cccs1)C(=O)Nc1ccc(SC)cc1. The monoisotopic (exact) mass is 497 g/mol. The number of thioether (sulfide) groups is 1. The molecule has 1 N–H and O–H groups in total. The van der Waals surface area contributed by atoms with Crippen LogP contribution in [0.3, 0.4) is 0 Å². The molecule has 0 aliphatic carbocycles. The fourth-order valence-electron chi connectivity index (χ4n) is 3.42.